The van der Waals surface area contributed by atoms with Gasteiger partial charge >= 0.3 is 0 Å². The molecule has 0 unspecified atom stereocenters. The topological polar surface area (TPSA) is 193 Å². The zero-order chi connectivity index (χ0) is 44.9. The molecule has 6 aromatic heterocycles. The van der Waals surface area contributed by atoms with Crippen LogP contribution >= 0.6 is 22.7 Å². The Balaban J connectivity index is 0.000000140. The minimum absolute atomic E-state index is 0.0602. The summed E-state index contributed by atoms with van der Waals surface area (Å²) in [6.45, 7) is 3.49. The number of benzene rings is 4. The number of carbonyl (C=O) groups excluding carboxylic acids is 2. The summed E-state index contributed by atoms with van der Waals surface area (Å²) in [5, 5.41) is 19.2. The average Bonchev–Trinajstić information content (AvgIpc) is 4.18. The summed E-state index contributed by atoms with van der Waals surface area (Å²) >= 11 is 3.16. The number of hydrogen-bond donors (Lipinski definition) is 2. The molecule has 326 valence electrons. The number of amides is 2. The van der Waals surface area contributed by atoms with Crippen molar-refractivity contribution in [3.63, 3.8) is 0 Å². The smallest absolute Gasteiger partial charge is 0.229 e. The first-order valence-electron chi connectivity index (χ1n) is 20.4. The van der Waals surface area contributed by atoms with Crippen molar-refractivity contribution in [3.8, 4) is 11.5 Å². The van der Waals surface area contributed by atoms with E-state index in [2.05, 4.69) is 90.2 Å². The molecule has 7 heterocycles. The van der Waals surface area contributed by atoms with Crippen molar-refractivity contribution in [1.82, 2.24) is 54.4 Å². The van der Waals surface area contributed by atoms with Crippen LogP contribution in [-0.4, -0.2) is 87.4 Å². The molecule has 0 atom stereocenters. The highest BCUT2D eigenvalue weighted by Crippen LogP contribution is 2.35. The van der Waals surface area contributed by atoms with Crippen molar-refractivity contribution in [2.75, 3.05) is 31.9 Å². The first-order valence-corrected chi connectivity index (χ1v) is 22.0. The summed E-state index contributed by atoms with van der Waals surface area (Å²) in [5.41, 5.74) is 7.52. The van der Waals surface area contributed by atoms with Gasteiger partial charge in [0, 0.05) is 55.4 Å². The predicted molar refractivity (Wildman–Crippen MR) is 252 cm³/mol. The number of carbonyl (C=O) groups is 2. The number of hydrogen-bond acceptors (Lipinski definition) is 16. The van der Waals surface area contributed by atoms with E-state index in [1.165, 1.54) is 17.5 Å². The molecule has 0 aliphatic carbocycles. The third kappa shape index (κ3) is 9.41. The van der Waals surface area contributed by atoms with Gasteiger partial charge in [0.25, 0.3) is 0 Å². The average molecular weight is 904 g/mol. The molecule has 0 radical (unpaired) electrons. The van der Waals surface area contributed by atoms with Gasteiger partial charge in [-0.05, 0) is 78.2 Å². The van der Waals surface area contributed by atoms with Gasteiger partial charge in [-0.15, -0.1) is 0 Å². The van der Waals surface area contributed by atoms with Crippen molar-refractivity contribution >= 4 is 98.9 Å². The Morgan fingerprint density at radius 2 is 1.12 bits per heavy atom. The number of likely N-dealkylation sites (tertiary alicyclic amines) is 1. The molecule has 1 fully saturated rings. The van der Waals surface area contributed by atoms with E-state index in [1.54, 1.807) is 73.8 Å². The molecule has 0 spiro atoms. The van der Waals surface area contributed by atoms with Crippen LogP contribution in [0.1, 0.15) is 29.5 Å². The Bertz CT molecular complexity index is 3250. The van der Waals surface area contributed by atoms with E-state index in [-0.39, 0.29) is 11.8 Å². The molecule has 2 amide bonds. The van der Waals surface area contributed by atoms with Gasteiger partial charge in [0.1, 0.15) is 11.5 Å². The lowest BCUT2D eigenvalue weighted by Crippen LogP contribution is -2.23. The lowest BCUT2D eigenvalue weighted by atomic mass is 10.1. The second kappa shape index (κ2) is 18.8. The zero-order valence-corrected chi connectivity index (χ0v) is 37.3. The molecule has 0 saturated carbocycles. The van der Waals surface area contributed by atoms with Gasteiger partial charge in [-0.2, -0.15) is 10.2 Å². The number of aryl methyl sites for hydroxylation is 1. The SMILES string of the molecule is CN1C(=O)CCC1=O.COc1ccc(Cn2ncc3c4nc(Nc5ncccn5)sc4cc(C)c32)cc1.COc1ccc(Cn2ncc3c4nc(Nc5ncccn5)sc4ccc32)cc1. The lowest BCUT2D eigenvalue weighted by molar-refractivity contribution is -0.136. The summed E-state index contributed by atoms with van der Waals surface area (Å²) in [6, 6.07) is 26.0. The number of ether oxygens (including phenoxy) is 2. The van der Waals surface area contributed by atoms with Crippen LogP contribution in [0.3, 0.4) is 0 Å². The fourth-order valence-corrected chi connectivity index (χ4v) is 9.03. The third-order valence-corrected chi connectivity index (χ3v) is 12.4. The highest BCUT2D eigenvalue weighted by Gasteiger charge is 2.24. The number of anilines is 4. The fraction of sp³-hybridized carbons (Fsp3) is 0.174. The second-order valence-corrected chi connectivity index (χ2v) is 16.8. The van der Waals surface area contributed by atoms with E-state index in [0.29, 0.717) is 37.8 Å². The van der Waals surface area contributed by atoms with Crippen molar-refractivity contribution in [3.05, 3.63) is 133 Å². The Kier molecular flexibility index (Phi) is 12.3. The van der Waals surface area contributed by atoms with Gasteiger partial charge < -0.3 is 20.1 Å². The monoisotopic (exact) mass is 903 g/mol. The van der Waals surface area contributed by atoms with Crippen LogP contribution in [0.25, 0.3) is 42.2 Å². The summed E-state index contributed by atoms with van der Waals surface area (Å²) in [7, 11) is 4.85. The van der Waals surface area contributed by atoms with E-state index in [0.717, 1.165) is 75.1 Å². The molecule has 10 aromatic rings. The Labute approximate surface area is 379 Å². The highest BCUT2D eigenvalue weighted by molar-refractivity contribution is 7.22. The quantitative estimate of drug-likeness (QED) is 0.124. The van der Waals surface area contributed by atoms with Crippen LogP contribution in [0.4, 0.5) is 22.2 Å². The summed E-state index contributed by atoms with van der Waals surface area (Å²) in [6.07, 6.45) is 11.4. The number of nitrogens with zero attached hydrogens (tertiary/aromatic N) is 11. The molecular weight excluding hydrogens is 863 g/mol. The molecule has 1 saturated heterocycles. The first kappa shape index (κ1) is 42.4. The minimum Gasteiger partial charge on any atom is -0.497 e. The Morgan fingerprint density at radius 3 is 1.65 bits per heavy atom. The van der Waals surface area contributed by atoms with Crippen molar-refractivity contribution < 1.29 is 19.1 Å². The van der Waals surface area contributed by atoms with Gasteiger partial charge in [-0.25, -0.2) is 29.9 Å². The van der Waals surface area contributed by atoms with Crippen LogP contribution in [0.15, 0.2) is 116 Å². The Morgan fingerprint density at radius 1 is 0.631 bits per heavy atom. The van der Waals surface area contributed by atoms with Gasteiger partial charge in [-0.1, -0.05) is 46.9 Å². The molecule has 65 heavy (non-hydrogen) atoms. The first-order chi connectivity index (χ1) is 31.7. The molecule has 0 bridgehead atoms. The van der Waals surface area contributed by atoms with E-state index in [1.807, 2.05) is 46.0 Å². The standard InChI is InChI=1S/C21H18N6OS.C20H16N6OS.C5H7NO2/c1-13-10-17-18(25-21(29-17)26-20-22-8-3-9-23-20)16-11-24-27(19(13)16)12-14-4-6-15(28-2)7-5-14;1-27-14-5-3-13(4-6-14)12-26-16-7-8-17-18(15(16)11-23-26)24-20(28-17)25-19-21-9-2-10-22-19;1-6-4(7)2-3-5(6)8/h3-11H,12H2,1-2H3,(H,22,23,25,26);2-11H,12H2,1H3,(H,21,22,24,25);2-3H2,1H3. The number of imide groups is 1. The van der Waals surface area contributed by atoms with Crippen LogP contribution in [0, 0.1) is 6.92 Å². The summed E-state index contributed by atoms with van der Waals surface area (Å²) < 4.78 is 16.7. The Hall–Kier alpha value is -7.90. The van der Waals surface area contributed by atoms with E-state index >= 15 is 0 Å². The number of aromatic nitrogens is 10. The molecule has 1 aliphatic heterocycles. The maximum atomic E-state index is 10.5. The van der Waals surface area contributed by atoms with Crippen LogP contribution < -0.4 is 20.1 Å². The molecule has 1 aliphatic rings. The number of nitrogens with one attached hydrogen (secondary N) is 2. The normalized spacial score (nSPS) is 12.3. The van der Waals surface area contributed by atoms with Crippen LogP contribution in [0.5, 0.6) is 11.5 Å². The van der Waals surface area contributed by atoms with Crippen molar-refractivity contribution in [2.24, 2.45) is 0 Å². The van der Waals surface area contributed by atoms with Crippen molar-refractivity contribution in [2.45, 2.75) is 32.9 Å². The highest BCUT2D eigenvalue weighted by atomic mass is 32.1. The van der Waals surface area contributed by atoms with E-state index in [4.69, 9.17) is 19.4 Å². The predicted octanol–water partition coefficient (Wildman–Crippen LogP) is 8.55. The number of methoxy groups -OCH3 is 2. The zero-order valence-electron chi connectivity index (χ0n) is 35.7. The molecule has 19 heteroatoms. The number of rotatable bonds is 10. The fourth-order valence-electron chi connectivity index (χ4n) is 7.18. The molecule has 17 nitrogen and oxygen atoms in total. The summed E-state index contributed by atoms with van der Waals surface area (Å²) in [5.74, 6) is 2.65. The third-order valence-electron chi connectivity index (χ3n) is 10.5. The molecule has 4 aromatic carbocycles. The largest absolute Gasteiger partial charge is 0.497 e. The second-order valence-electron chi connectivity index (χ2n) is 14.7. The lowest BCUT2D eigenvalue weighted by Gasteiger charge is -2.07. The number of fused-ring (bicyclic) bond motifs is 6. The number of thiazole rings is 2. The van der Waals surface area contributed by atoms with Gasteiger partial charge in [0.05, 0.1) is 71.2 Å². The summed E-state index contributed by atoms with van der Waals surface area (Å²) in [4.78, 5) is 48.5. The maximum absolute atomic E-state index is 10.5. The minimum atomic E-state index is -0.0602. The van der Waals surface area contributed by atoms with Gasteiger partial charge in [0.15, 0.2) is 10.3 Å². The van der Waals surface area contributed by atoms with E-state index in [9.17, 15) is 9.59 Å². The molecule has 11 rings (SSSR count). The molecule has 2 N–H and O–H groups in total. The van der Waals surface area contributed by atoms with Gasteiger partial charge in [-0.3, -0.25) is 23.9 Å². The van der Waals surface area contributed by atoms with Crippen LogP contribution in [-0.2, 0) is 22.7 Å². The van der Waals surface area contributed by atoms with Gasteiger partial charge in [0.2, 0.25) is 23.7 Å². The van der Waals surface area contributed by atoms with Crippen molar-refractivity contribution in [1.29, 1.82) is 0 Å². The molecular formula is C46H41N13O4S2. The van der Waals surface area contributed by atoms with Crippen LogP contribution in [0.2, 0.25) is 0 Å². The van der Waals surface area contributed by atoms with E-state index < -0.39 is 0 Å². The maximum Gasteiger partial charge on any atom is 0.229 e.